The van der Waals surface area contributed by atoms with E-state index in [1.54, 1.807) is 17.5 Å². The summed E-state index contributed by atoms with van der Waals surface area (Å²) < 4.78 is 1.24. The predicted octanol–water partition coefficient (Wildman–Crippen LogP) is 4.94. The van der Waals surface area contributed by atoms with Gasteiger partial charge in [0.2, 0.25) is 5.91 Å². The van der Waals surface area contributed by atoms with Crippen molar-refractivity contribution in [2.45, 2.75) is 32.7 Å². The number of nitrogens with zero attached hydrogens (tertiary/aromatic N) is 4. The van der Waals surface area contributed by atoms with Gasteiger partial charge in [-0.05, 0) is 42.7 Å². The molecule has 1 unspecified atom stereocenters. The van der Waals surface area contributed by atoms with Gasteiger partial charge in [0.05, 0.1) is 26.3 Å². The largest absolute Gasteiger partial charge is 0.302 e. The van der Waals surface area contributed by atoms with Crippen molar-refractivity contribution in [2.24, 2.45) is 0 Å². The molecule has 1 atom stereocenters. The number of amides is 1. The summed E-state index contributed by atoms with van der Waals surface area (Å²) in [6.45, 7) is 5.75. The zero-order valence-corrected chi connectivity index (χ0v) is 19.1. The summed E-state index contributed by atoms with van der Waals surface area (Å²) >= 11 is 3.14. The van der Waals surface area contributed by atoms with E-state index in [1.165, 1.54) is 34.1 Å². The number of nitrogens with one attached hydrogen (secondary N) is 1. The van der Waals surface area contributed by atoms with Gasteiger partial charge in [-0.25, -0.2) is 9.97 Å². The number of hydrogen-bond acceptors (Lipinski definition) is 7. The molecule has 0 spiro atoms. The second kappa shape index (κ2) is 8.45. The molecule has 0 fully saturated rings. The van der Waals surface area contributed by atoms with Gasteiger partial charge in [-0.1, -0.05) is 23.5 Å². The number of thiazole rings is 2. The smallest absolute Gasteiger partial charge is 0.223 e. The first-order valence-electron chi connectivity index (χ1n) is 10.4. The Hall–Kier alpha value is -2.68. The van der Waals surface area contributed by atoms with Crippen LogP contribution in [0, 0.1) is 0 Å². The monoisotopic (exact) mass is 449 g/mol. The maximum absolute atomic E-state index is 11.3. The molecule has 0 saturated heterocycles. The number of carbonyl (C=O) groups is 1. The third-order valence-corrected chi connectivity index (χ3v) is 7.54. The van der Waals surface area contributed by atoms with Crippen LogP contribution < -0.4 is 5.32 Å². The number of pyridine rings is 1. The molecule has 6 nitrogen and oxygen atoms in total. The van der Waals surface area contributed by atoms with Crippen molar-refractivity contribution < 1.29 is 4.79 Å². The van der Waals surface area contributed by atoms with E-state index >= 15 is 0 Å². The molecule has 158 valence electrons. The summed E-state index contributed by atoms with van der Waals surface area (Å²) in [5, 5.41) is 3.35. The minimum atomic E-state index is -0.112. The minimum Gasteiger partial charge on any atom is -0.302 e. The van der Waals surface area contributed by atoms with Gasteiger partial charge in [0, 0.05) is 44.4 Å². The molecule has 1 amide bonds. The van der Waals surface area contributed by atoms with Crippen LogP contribution in [0.15, 0.2) is 42.0 Å². The Morgan fingerprint density at radius 2 is 2.03 bits per heavy atom. The highest BCUT2D eigenvalue weighted by molar-refractivity contribution is 7.19. The molecule has 1 aliphatic rings. The zero-order chi connectivity index (χ0) is 21.4. The molecule has 1 aromatic carbocycles. The Kier molecular flexibility index (Phi) is 5.52. The van der Waals surface area contributed by atoms with Gasteiger partial charge in [0.1, 0.15) is 0 Å². The summed E-state index contributed by atoms with van der Waals surface area (Å²) in [6.07, 6.45) is 3.69. The molecule has 0 aliphatic carbocycles. The lowest BCUT2D eigenvalue weighted by Crippen LogP contribution is -2.29. The number of anilines is 1. The molecular weight excluding hydrogens is 426 g/mol. The molecule has 4 aromatic rings. The number of hydrogen-bond donors (Lipinski definition) is 1. The van der Waals surface area contributed by atoms with E-state index in [0.29, 0.717) is 11.2 Å². The fourth-order valence-corrected chi connectivity index (χ4v) is 5.56. The van der Waals surface area contributed by atoms with Crippen LogP contribution in [0.2, 0.25) is 0 Å². The Morgan fingerprint density at radius 3 is 2.90 bits per heavy atom. The summed E-state index contributed by atoms with van der Waals surface area (Å²) in [5.41, 5.74) is 7.71. The van der Waals surface area contributed by atoms with Gasteiger partial charge < -0.3 is 5.32 Å². The van der Waals surface area contributed by atoms with E-state index in [1.807, 2.05) is 5.51 Å². The lowest BCUT2D eigenvalue weighted by molar-refractivity contribution is -0.114. The average Bonchev–Trinajstić information content (AvgIpc) is 3.37. The normalized spacial score (nSPS) is 15.4. The van der Waals surface area contributed by atoms with Crippen molar-refractivity contribution in [3.05, 3.63) is 58.9 Å². The summed E-state index contributed by atoms with van der Waals surface area (Å²) in [7, 11) is 0. The fourth-order valence-electron chi connectivity index (χ4n) is 4.07. The van der Waals surface area contributed by atoms with Crippen LogP contribution in [0.4, 0.5) is 5.13 Å². The molecule has 4 heterocycles. The fraction of sp³-hybridized carbons (Fsp3) is 0.304. The van der Waals surface area contributed by atoms with Crippen LogP contribution in [0.1, 0.15) is 36.7 Å². The molecule has 8 heteroatoms. The molecule has 1 aliphatic heterocycles. The van der Waals surface area contributed by atoms with Gasteiger partial charge in [-0.15, -0.1) is 11.3 Å². The minimum absolute atomic E-state index is 0.112. The molecule has 5 rings (SSSR count). The van der Waals surface area contributed by atoms with Crippen molar-refractivity contribution in [1.29, 1.82) is 0 Å². The van der Waals surface area contributed by atoms with Crippen LogP contribution >= 0.6 is 22.7 Å². The first-order chi connectivity index (χ1) is 15.1. The molecule has 0 radical (unpaired) electrons. The van der Waals surface area contributed by atoms with Crippen molar-refractivity contribution >= 4 is 43.9 Å². The van der Waals surface area contributed by atoms with Gasteiger partial charge in [0.25, 0.3) is 0 Å². The third kappa shape index (κ3) is 4.23. The Balaban J connectivity index is 1.33. The predicted molar refractivity (Wildman–Crippen MR) is 127 cm³/mol. The molecule has 1 N–H and O–H groups in total. The quantitative estimate of drug-likeness (QED) is 0.478. The van der Waals surface area contributed by atoms with E-state index in [4.69, 9.17) is 4.98 Å². The Labute approximate surface area is 189 Å². The topological polar surface area (TPSA) is 71.0 Å². The summed E-state index contributed by atoms with van der Waals surface area (Å²) in [5.74, 6) is -0.112. The van der Waals surface area contributed by atoms with Gasteiger partial charge >= 0.3 is 0 Å². The SMILES string of the molecule is CC(=O)Nc1ncc(-c2ccc3c(n2)CCN(C(C)c2ccc4scnc4c2)CC3)s1. The number of rotatable bonds is 4. The second-order valence-corrected chi connectivity index (χ2v) is 9.72. The molecule has 31 heavy (non-hydrogen) atoms. The maximum Gasteiger partial charge on any atom is 0.223 e. The van der Waals surface area contributed by atoms with Gasteiger partial charge in [-0.3, -0.25) is 14.7 Å². The third-order valence-electron chi connectivity index (χ3n) is 5.80. The van der Waals surface area contributed by atoms with Crippen LogP contribution in [-0.2, 0) is 17.6 Å². The lowest BCUT2D eigenvalue weighted by Gasteiger charge is -2.27. The number of aromatic nitrogens is 3. The highest BCUT2D eigenvalue weighted by Gasteiger charge is 2.21. The van der Waals surface area contributed by atoms with Crippen LogP contribution in [0.3, 0.4) is 0 Å². The maximum atomic E-state index is 11.3. The Bertz CT molecular complexity index is 1250. The van der Waals surface area contributed by atoms with Crippen molar-refractivity contribution in [2.75, 3.05) is 18.4 Å². The highest BCUT2D eigenvalue weighted by atomic mass is 32.1. The van der Waals surface area contributed by atoms with Crippen molar-refractivity contribution in [3.8, 4) is 10.6 Å². The van der Waals surface area contributed by atoms with E-state index < -0.39 is 0 Å². The first kappa shape index (κ1) is 20.2. The molecule has 0 saturated carbocycles. The van der Waals surface area contributed by atoms with Crippen molar-refractivity contribution in [3.63, 3.8) is 0 Å². The lowest BCUT2D eigenvalue weighted by atomic mass is 10.1. The van der Waals surface area contributed by atoms with E-state index in [0.717, 1.165) is 47.7 Å². The average molecular weight is 450 g/mol. The van der Waals surface area contributed by atoms with Gasteiger partial charge in [0.15, 0.2) is 5.13 Å². The van der Waals surface area contributed by atoms with Crippen LogP contribution in [-0.4, -0.2) is 38.8 Å². The second-order valence-electron chi connectivity index (χ2n) is 7.80. The van der Waals surface area contributed by atoms with Gasteiger partial charge in [-0.2, -0.15) is 0 Å². The van der Waals surface area contributed by atoms with Crippen LogP contribution in [0.5, 0.6) is 0 Å². The molecule has 0 bridgehead atoms. The highest BCUT2D eigenvalue weighted by Crippen LogP contribution is 2.31. The zero-order valence-electron chi connectivity index (χ0n) is 17.5. The number of benzene rings is 1. The van der Waals surface area contributed by atoms with E-state index in [2.05, 4.69) is 57.4 Å². The molecule has 3 aromatic heterocycles. The Morgan fingerprint density at radius 1 is 1.16 bits per heavy atom. The molecular formula is C23H23N5OS2. The summed E-state index contributed by atoms with van der Waals surface area (Å²) in [6, 6.07) is 11.2. The van der Waals surface area contributed by atoms with Crippen LogP contribution in [0.25, 0.3) is 20.8 Å². The summed E-state index contributed by atoms with van der Waals surface area (Å²) in [4.78, 5) is 28.5. The first-order valence-corrected chi connectivity index (χ1v) is 12.1. The number of carbonyl (C=O) groups excluding carboxylic acids is 1. The van der Waals surface area contributed by atoms with E-state index in [9.17, 15) is 4.79 Å². The van der Waals surface area contributed by atoms with Crippen molar-refractivity contribution in [1.82, 2.24) is 19.9 Å². The van der Waals surface area contributed by atoms with E-state index in [-0.39, 0.29) is 5.91 Å². The number of fused-ring (bicyclic) bond motifs is 2. The standard InChI is InChI=1S/C23H23N5OS2/c1-14(17-4-6-21-20(11-17)25-13-30-21)28-9-7-16-3-5-19(27-18(16)8-10-28)22-12-24-23(31-22)26-15(2)29/h3-6,11-14H,7-10H2,1-2H3,(H,24,26,29).